The number of amides is 2. The molecule has 1 atom stereocenters. The molecule has 3 aromatic carbocycles. The fraction of sp³-hybridized carbons (Fsp3) is 0.355. The molecule has 4 N–H and O–H groups in total. The Labute approximate surface area is 246 Å². The van der Waals surface area contributed by atoms with E-state index in [0.29, 0.717) is 18.4 Å². The number of nitrogens with one attached hydrogen (secondary N) is 1. The molecule has 0 radical (unpaired) electrons. The zero-order valence-electron chi connectivity index (χ0n) is 23.8. The summed E-state index contributed by atoms with van der Waals surface area (Å²) in [6, 6.07) is 21.6. The highest BCUT2D eigenvalue weighted by molar-refractivity contribution is 7.90. The van der Waals surface area contributed by atoms with Crippen LogP contribution in [0.15, 0.2) is 72.8 Å². The summed E-state index contributed by atoms with van der Waals surface area (Å²) in [5, 5.41) is 28.9. The number of benzene rings is 3. The second-order valence-electron chi connectivity index (χ2n) is 10.2. The average molecular weight is 599 g/mol. The van der Waals surface area contributed by atoms with Crippen molar-refractivity contribution in [1.82, 2.24) is 9.62 Å². The molecule has 0 aliphatic heterocycles. The van der Waals surface area contributed by atoms with Gasteiger partial charge in [-0.2, -0.15) is 0 Å². The molecule has 3 rings (SSSR count). The van der Waals surface area contributed by atoms with Gasteiger partial charge in [0, 0.05) is 13.2 Å². The zero-order valence-corrected chi connectivity index (χ0v) is 24.6. The van der Waals surface area contributed by atoms with Gasteiger partial charge in [-0.25, -0.2) is 17.9 Å². The molecule has 0 heterocycles. The summed E-state index contributed by atoms with van der Waals surface area (Å²) in [5.41, 5.74) is 3.38. The van der Waals surface area contributed by atoms with Crippen LogP contribution in [0.4, 0.5) is 4.79 Å². The van der Waals surface area contributed by atoms with Crippen molar-refractivity contribution in [3.8, 4) is 16.9 Å². The summed E-state index contributed by atoms with van der Waals surface area (Å²) in [4.78, 5) is 25.7. The van der Waals surface area contributed by atoms with Crippen molar-refractivity contribution in [3.63, 3.8) is 0 Å². The molecule has 0 saturated heterocycles. The first-order valence-electron chi connectivity index (χ1n) is 13.8. The number of carbonyl (C=O) groups excluding carboxylic acids is 1. The molecule has 0 aliphatic carbocycles. The predicted octanol–water partition coefficient (Wildman–Crippen LogP) is 4.23. The van der Waals surface area contributed by atoms with Crippen LogP contribution < -0.4 is 9.46 Å². The van der Waals surface area contributed by atoms with E-state index >= 15 is 0 Å². The first-order chi connectivity index (χ1) is 20.0. The molecule has 0 aliphatic rings. The fourth-order valence-electron chi connectivity index (χ4n) is 4.34. The Bertz CT molecular complexity index is 1430. The Morgan fingerprint density at radius 1 is 0.952 bits per heavy atom. The number of aliphatic hydroxyl groups is 2. The van der Waals surface area contributed by atoms with Crippen molar-refractivity contribution in [2.75, 3.05) is 25.4 Å². The molecular weight excluding hydrogens is 560 g/mol. The summed E-state index contributed by atoms with van der Waals surface area (Å²) in [6.07, 6.45) is -1.03. The molecule has 226 valence electrons. The van der Waals surface area contributed by atoms with Gasteiger partial charge in [-0.05, 0) is 67.5 Å². The molecule has 0 aromatic heterocycles. The van der Waals surface area contributed by atoms with Crippen molar-refractivity contribution in [1.29, 1.82) is 0 Å². The highest BCUT2D eigenvalue weighted by atomic mass is 32.2. The number of aryl methyl sites for hydroxylation is 1. The minimum Gasteiger partial charge on any atom is -0.490 e. The van der Waals surface area contributed by atoms with Crippen molar-refractivity contribution >= 4 is 22.0 Å². The number of nitrogens with zero attached hydrogens (tertiary/aromatic N) is 1. The first kappa shape index (κ1) is 32.6. The van der Waals surface area contributed by atoms with Crippen molar-refractivity contribution in [2.24, 2.45) is 0 Å². The van der Waals surface area contributed by atoms with Gasteiger partial charge in [0.2, 0.25) is 10.0 Å². The lowest BCUT2D eigenvalue weighted by molar-refractivity contribution is 0.0961. The number of carbonyl (C=O) groups is 2. The molecule has 3 aromatic rings. The maximum absolute atomic E-state index is 12.8. The van der Waals surface area contributed by atoms with Crippen LogP contribution in [0.25, 0.3) is 11.1 Å². The Morgan fingerprint density at radius 3 is 2.24 bits per heavy atom. The van der Waals surface area contributed by atoms with E-state index in [0.717, 1.165) is 16.7 Å². The number of hydrogen-bond acceptors (Lipinski definition) is 7. The smallest absolute Gasteiger partial charge is 0.407 e. The highest BCUT2D eigenvalue weighted by Crippen LogP contribution is 2.29. The van der Waals surface area contributed by atoms with Crippen molar-refractivity contribution in [2.45, 2.75) is 45.3 Å². The zero-order chi connectivity index (χ0) is 30.7. The fourth-order valence-corrected chi connectivity index (χ4v) is 5.34. The SMILES string of the molecule is CC(C)Oc1cc(-c2ccc(CCCN(C[C@H](O)c3ccccc3)C(=O)O)cc2)ccc1C(=O)NS(=O)(=O)CCCO. The van der Waals surface area contributed by atoms with Crippen LogP contribution in [0.1, 0.15) is 54.3 Å². The summed E-state index contributed by atoms with van der Waals surface area (Å²) in [6.45, 7) is 3.56. The van der Waals surface area contributed by atoms with Crippen molar-refractivity contribution in [3.05, 3.63) is 89.5 Å². The summed E-state index contributed by atoms with van der Waals surface area (Å²) in [7, 11) is -3.90. The molecule has 0 fully saturated rings. The molecule has 0 unspecified atom stereocenters. The molecule has 10 nitrogen and oxygen atoms in total. The maximum atomic E-state index is 12.8. The highest BCUT2D eigenvalue weighted by Gasteiger charge is 2.21. The number of rotatable bonds is 15. The molecule has 0 saturated carbocycles. The van der Waals surface area contributed by atoms with E-state index in [1.54, 1.807) is 50.2 Å². The van der Waals surface area contributed by atoms with E-state index in [-0.39, 0.29) is 49.3 Å². The van der Waals surface area contributed by atoms with Crippen LogP contribution >= 0.6 is 0 Å². The standard InChI is InChI=1S/C31H38N2O8S/c1-22(2)41-29-20-26(15-16-27(29)30(36)32-42(39,40)19-7-18-34)24-13-11-23(12-14-24)8-6-17-33(31(37)38)21-28(35)25-9-4-3-5-10-25/h3-5,9-16,20,22,28,34-35H,6-8,17-19,21H2,1-2H3,(H,32,36)(H,37,38)/t28-/m0/s1. The number of carboxylic acid groups (broad SMARTS) is 1. The third kappa shape index (κ3) is 9.86. The van der Waals surface area contributed by atoms with E-state index in [4.69, 9.17) is 9.84 Å². The molecule has 0 bridgehead atoms. The topological polar surface area (TPSA) is 153 Å². The van der Waals surface area contributed by atoms with Crippen LogP contribution in [0.2, 0.25) is 0 Å². The number of aliphatic hydroxyl groups excluding tert-OH is 2. The van der Waals surface area contributed by atoms with Gasteiger partial charge in [0.25, 0.3) is 5.91 Å². The van der Waals surface area contributed by atoms with Gasteiger partial charge in [0.15, 0.2) is 0 Å². The van der Waals surface area contributed by atoms with Crippen LogP contribution in [0.5, 0.6) is 5.75 Å². The van der Waals surface area contributed by atoms with Gasteiger partial charge in [0.05, 0.1) is 30.1 Å². The monoisotopic (exact) mass is 598 g/mol. The lowest BCUT2D eigenvalue weighted by Gasteiger charge is -2.22. The third-order valence-corrected chi connectivity index (χ3v) is 7.76. The van der Waals surface area contributed by atoms with Gasteiger partial charge < -0.3 is 25.0 Å². The van der Waals surface area contributed by atoms with E-state index in [2.05, 4.69) is 0 Å². The molecule has 0 spiro atoms. The number of sulfonamides is 1. The molecule has 42 heavy (non-hydrogen) atoms. The maximum Gasteiger partial charge on any atom is 0.407 e. The third-order valence-electron chi connectivity index (χ3n) is 6.44. The van der Waals surface area contributed by atoms with E-state index in [9.17, 15) is 28.2 Å². The van der Waals surface area contributed by atoms with Gasteiger partial charge in [-0.15, -0.1) is 0 Å². The predicted molar refractivity (Wildman–Crippen MR) is 160 cm³/mol. The van der Waals surface area contributed by atoms with E-state index in [1.807, 2.05) is 35.1 Å². The van der Waals surface area contributed by atoms with Crippen LogP contribution in [0.3, 0.4) is 0 Å². The van der Waals surface area contributed by atoms with Gasteiger partial charge in [-0.1, -0.05) is 60.7 Å². The van der Waals surface area contributed by atoms with Crippen molar-refractivity contribution < 1.29 is 38.1 Å². The summed E-state index contributed by atoms with van der Waals surface area (Å²) in [5.74, 6) is -0.936. The minimum absolute atomic E-state index is 0.0122. The van der Waals surface area contributed by atoms with Gasteiger partial charge >= 0.3 is 6.09 Å². The Morgan fingerprint density at radius 2 is 1.62 bits per heavy atom. The van der Waals surface area contributed by atoms with Gasteiger partial charge in [-0.3, -0.25) is 4.79 Å². The summed E-state index contributed by atoms with van der Waals surface area (Å²) >= 11 is 0. The number of hydrogen-bond donors (Lipinski definition) is 4. The quantitative estimate of drug-likeness (QED) is 0.203. The van der Waals surface area contributed by atoms with Crippen LogP contribution in [0, 0.1) is 0 Å². The van der Waals surface area contributed by atoms with Crippen LogP contribution in [-0.4, -0.2) is 72.2 Å². The lowest BCUT2D eigenvalue weighted by atomic mass is 10.00. The largest absolute Gasteiger partial charge is 0.490 e. The van der Waals surface area contributed by atoms with Gasteiger partial charge in [0.1, 0.15) is 5.75 Å². The Hall–Kier alpha value is -3.93. The normalized spacial score (nSPS) is 12.1. The number of ether oxygens (including phenoxy) is 1. The second-order valence-corrected chi connectivity index (χ2v) is 12.0. The summed E-state index contributed by atoms with van der Waals surface area (Å²) < 4.78 is 32.2. The Balaban J connectivity index is 1.66. The minimum atomic E-state index is -3.90. The molecule has 2 amide bonds. The van der Waals surface area contributed by atoms with E-state index < -0.39 is 28.1 Å². The molecule has 11 heteroatoms. The lowest BCUT2D eigenvalue weighted by Crippen LogP contribution is -2.34. The Kier molecular flexibility index (Phi) is 11.9. The second kappa shape index (κ2) is 15.3. The molecular formula is C31H38N2O8S. The van der Waals surface area contributed by atoms with E-state index in [1.165, 1.54) is 11.0 Å². The first-order valence-corrected chi connectivity index (χ1v) is 15.4. The average Bonchev–Trinajstić information content (AvgIpc) is 2.95. The van der Waals surface area contributed by atoms with Crippen LogP contribution in [-0.2, 0) is 16.4 Å².